The van der Waals surface area contributed by atoms with Gasteiger partial charge in [0, 0.05) is 24.7 Å². The number of anilines is 2. The van der Waals surface area contributed by atoms with Gasteiger partial charge in [0.25, 0.3) is 11.5 Å². The minimum atomic E-state index is -0.377. The van der Waals surface area contributed by atoms with Crippen LogP contribution in [0.1, 0.15) is 22.5 Å². The smallest absolute Gasteiger partial charge is 0.278 e. The van der Waals surface area contributed by atoms with Crippen LogP contribution < -0.4 is 20.5 Å². The second-order valence-electron chi connectivity index (χ2n) is 7.77. The summed E-state index contributed by atoms with van der Waals surface area (Å²) in [6.07, 6.45) is 0.788. The summed E-state index contributed by atoms with van der Waals surface area (Å²) in [5, 5.41) is 7.45. The first-order valence-electron chi connectivity index (χ1n) is 10.7. The lowest BCUT2D eigenvalue weighted by atomic mass is 10.2. The summed E-state index contributed by atoms with van der Waals surface area (Å²) in [6.45, 7) is 0.608. The van der Waals surface area contributed by atoms with Gasteiger partial charge in [-0.15, -0.1) is 0 Å². The average Bonchev–Trinajstić information content (AvgIpc) is 3.46. The van der Waals surface area contributed by atoms with Crippen LogP contribution in [-0.4, -0.2) is 40.2 Å². The molecule has 0 aliphatic carbocycles. The van der Waals surface area contributed by atoms with Crippen molar-refractivity contribution in [3.05, 3.63) is 76.2 Å². The van der Waals surface area contributed by atoms with Gasteiger partial charge in [-0.2, -0.15) is 5.10 Å². The first kappa shape index (κ1) is 21.8. The van der Waals surface area contributed by atoms with Gasteiger partial charge in [0.2, 0.25) is 5.91 Å². The number of fused-ring (bicyclic) bond motifs is 2. The zero-order valence-electron chi connectivity index (χ0n) is 18.4. The number of carbonyl (C=O) groups is 2. The Morgan fingerprint density at radius 1 is 1.15 bits per heavy atom. The molecule has 5 rings (SSSR count). The molecule has 0 spiro atoms. The highest BCUT2D eigenvalue weighted by Gasteiger charge is 2.26. The number of amides is 2. The highest BCUT2D eigenvalue weighted by molar-refractivity contribution is 7.22. The first-order valence-corrected chi connectivity index (χ1v) is 11.6. The number of carbonyl (C=O) groups excluding carboxylic acids is 2. The first-order chi connectivity index (χ1) is 16.5. The Labute approximate surface area is 198 Å². The lowest BCUT2D eigenvalue weighted by Gasteiger charge is -2.17. The van der Waals surface area contributed by atoms with Crippen molar-refractivity contribution in [1.82, 2.24) is 14.8 Å². The Morgan fingerprint density at radius 2 is 2.00 bits per heavy atom. The van der Waals surface area contributed by atoms with Gasteiger partial charge in [0.1, 0.15) is 11.4 Å². The van der Waals surface area contributed by atoms with Crippen molar-refractivity contribution in [3.8, 4) is 5.75 Å². The summed E-state index contributed by atoms with van der Waals surface area (Å²) in [6, 6.07) is 16.0. The van der Waals surface area contributed by atoms with Crippen LogP contribution >= 0.6 is 11.3 Å². The minimum Gasteiger partial charge on any atom is -0.497 e. The van der Waals surface area contributed by atoms with E-state index in [0.717, 1.165) is 32.6 Å². The molecule has 0 bridgehead atoms. The summed E-state index contributed by atoms with van der Waals surface area (Å²) in [4.78, 5) is 43.9. The summed E-state index contributed by atoms with van der Waals surface area (Å²) < 4.78 is 7.25. The van der Waals surface area contributed by atoms with Crippen LogP contribution in [0.3, 0.4) is 0 Å². The Balaban J connectivity index is 1.26. The third-order valence-corrected chi connectivity index (χ3v) is 6.54. The molecule has 1 aliphatic rings. The normalized spacial score (nSPS) is 12.6. The van der Waals surface area contributed by atoms with E-state index in [1.54, 1.807) is 18.1 Å². The Kier molecular flexibility index (Phi) is 5.81. The maximum absolute atomic E-state index is 13.0. The molecule has 0 unspecified atom stereocenters. The molecule has 1 N–H and O–H groups in total. The third-order valence-electron chi connectivity index (χ3n) is 5.61. The number of benzene rings is 2. The number of para-hydroxylation sites is 1. The number of rotatable bonds is 6. The Morgan fingerprint density at radius 3 is 2.85 bits per heavy atom. The van der Waals surface area contributed by atoms with Gasteiger partial charge in [0.15, 0.2) is 5.13 Å². The van der Waals surface area contributed by atoms with Gasteiger partial charge in [0.05, 0.1) is 23.9 Å². The van der Waals surface area contributed by atoms with E-state index in [1.807, 2.05) is 36.4 Å². The van der Waals surface area contributed by atoms with E-state index in [9.17, 15) is 14.4 Å². The number of aromatic nitrogens is 3. The summed E-state index contributed by atoms with van der Waals surface area (Å²) in [5.41, 5.74) is 2.51. The van der Waals surface area contributed by atoms with E-state index in [-0.39, 0.29) is 36.0 Å². The van der Waals surface area contributed by atoms with Gasteiger partial charge in [-0.1, -0.05) is 29.5 Å². The number of hydrogen-bond donors (Lipinski definition) is 1. The molecular formula is C24H21N5O4S. The molecule has 172 valence electrons. The fraction of sp³-hybridized carbons (Fsp3) is 0.208. The molecule has 0 fully saturated rings. The zero-order valence-corrected chi connectivity index (χ0v) is 19.2. The van der Waals surface area contributed by atoms with Gasteiger partial charge in [-0.05, 0) is 42.3 Å². The molecule has 4 aromatic rings. The quantitative estimate of drug-likeness (QED) is 0.459. The van der Waals surface area contributed by atoms with Crippen molar-refractivity contribution in [2.24, 2.45) is 0 Å². The lowest BCUT2D eigenvalue weighted by Crippen LogP contribution is -2.33. The summed E-state index contributed by atoms with van der Waals surface area (Å²) >= 11 is 1.34. The molecule has 10 heteroatoms. The second kappa shape index (κ2) is 9.06. The largest absolute Gasteiger partial charge is 0.497 e. The fourth-order valence-corrected chi connectivity index (χ4v) is 4.80. The molecule has 2 aromatic heterocycles. The third kappa shape index (κ3) is 4.27. The maximum atomic E-state index is 13.0. The molecule has 0 atom stereocenters. The van der Waals surface area contributed by atoms with Crippen LogP contribution in [0.2, 0.25) is 0 Å². The van der Waals surface area contributed by atoms with E-state index in [1.165, 1.54) is 23.5 Å². The number of aryl methyl sites for hydroxylation is 1. The van der Waals surface area contributed by atoms with Gasteiger partial charge in [-0.3, -0.25) is 14.4 Å². The van der Waals surface area contributed by atoms with Gasteiger partial charge < -0.3 is 15.0 Å². The number of nitrogens with one attached hydrogen (secondary N) is 1. The molecular weight excluding hydrogens is 454 g/mol. The topological polar surface area (TPSA) is 106 Å². The molecule has 1 aliphatic heterocycles. The van der Waals surface area contributed by atoms with Crippen molar-refractivity contribution >= 4 is 44.2 Å². The standard InChI is InChI=1S/C24H21N5O4S/c1-33-16-6-7-17-20(14-16)34-24(25-17)26-21(30)11-13-29-22(31)9-8-18(27-29)23(32)28-12-10-15-4-2-3-5-19(15)28/h2-9,14H,10-13H2,1H3,(H,25,26,30). The number of hydrogen-bond acceptors (Lipinski definition) is 7. The van der Waals surface area contributed by atoms with Crippen molar-refractivity contribution < 1.29 is 14.3 Å². The van der Waals surface area contributed by atoms with E-state index in [4.69, 9.17) is 4.74 Å². The zero-order chi connectivity index (χ0) is 23.7. The van der Waals surface area contributed by atoms with Crippen LogP contribution in [0.25, 0.3) is 10.2 Å². The predicted molar refractivity (Wildman–Crippen MR) is 130 cm³/mol. The van der Waals surface area contributed by atoms with E-state index >= 15 is 0 Å². The molecule has 2 aromatic carbocycles. The summed E-state index contributed by atoms with van der Waals surface area (Å²) in [7, 11) is 1.59. The maximum Gasteiger partial charge on any atom is 0.278 e. The molecule has 0 saturated carbocycles. The molecule has 2 amide bonds. The monoisotopic (exact) mass is 475 g/mol. The van der Waals surface area contributed by atoms with Crippen molar-refractivity contribution in [3.63, 3.8) is 0 Å². The van der Waals surface area contributed by atoms with E-state index in [2.05, 4.69) is 15.4 Å². The molecule has 0 radical (unpaired) electrons. The SMILES string of the molecule is COc1ccc2nc(NC(=O)CCn3nc(C(=O)N4CCc5ccccc54)ccc3=O)sc2c1. The second-order valence-corrected chi connectivity index (χ2v) is 8.80. The van der Waals surface area contributed by atoms with Crippen molar-refractivity contribution in [1.29, 1.82) is 0 Å². The Bertz CT molecular complexity index is 1460. The van der Waals surface area contributed by atoms with Gasteiger partial charge in [-0.25, -0.2) is 9.67 Å². The predicted octanol–water partition coefficient (Wildman–Crippen LogP) is 3.09. The number of thiazole rings is 1. The molecule has 0 saturated heterocycles. The van der Waals surface area contributed by atoms with Crippen LogP contribution in [0.15, 0.2) is 59.4 Å². The Hall–Kier alpha value is -4.05. The molecule has 34 heavy (non-hydrogen) atoms. The van der Waals surface area contributed by atoms with Crippen LogP contribution in [0.4, 0.5) is 10.8 Å². The van der Waals surface area contributed by atoms with E-state index < -0.39 is 0 Å². The number of methoxy groups -OCH3 is 1. The van der Waals surface area contributed by atoms with Crippen LogP contribution in [0, 0.1) is 0 Å². The van der Waals surface area contributed by atoms with Crippen LogP contribution in [0.5, 0.6) is 5.75 Å². The average molecular weight is 476 g/mol. The van der Waals surface area contributed by atoms with Crippen molar-refractivity contribution in [2.75, 3.05) is 23.9 Å². The van der Waals surface area contributed by atoms with Crippen molar-refractivity contribution in [2.45, 2.75) is 19.4 Å². The summed E-state index contributed by atoms with van der Waals surface area (Å²) in [5.74, 6) is 0.143. The fourth-order valence-electron chi connectivity index (χ4n) is 3.89. The van der Waals surface area contributed by atoms with E-state index in [0.29, 0.717) is 17.4 Å². The number of nitrogens with zero attached hydrogens (tertiary/aromatic N) is 4. The van der Waals surface area contributed by atoms with Gasteiger partial charge >= 0.3 is 0 Å². The highest BCUT2D eigenvalue weighted by atomic mass is 32.1. The highest BCUT2D eigenvalue weighted by Crippen LogP contribution is 2.30. The molecule has 3 heterocycles. The number of ether oxygens (including phenoxy) is 1. The minimum absolute atomic E-state index is 0.0103. The van der Waals surface area contributed by atoms with Crippen LogP contribution in [-0.2, 0) is 17.8 Å². The lowest BCUT2D eigenvalue weighted by molar-refractivity contribution is -0.116. The molecule has 9 nitrogen and oxygen atoms in total.